The number of nitrogens with zero attached hydrogens (tertiary/aromatic N) is 1. The number of halogens is 2. The molecule has 0 heterocycles. The van der Waals surface area contributed by atoms with Crippen LogP contribution in [-0.2, 0) is 6.54 Å². The van der Waals surface area contributed by atoms with E-state index < -0.39 is 0 Å². The minimum Gasteiger partial charge on any atom is -0.357 e. The molecule has 7 heteroatoms. The summed E-state index contributed by atoms with van der Waals surface area (Å²) in [7, 11) is 0. The Morgan fingerprint density at radius 2 is 1.62 bits per heavy atom. The van der Waals surface area contributed by atoms with Gasteiger partial charge in [-0.05, 0) is 36.8 Å². The van der Waals surface area contributed by atoms with Crippen molar-refractivity contribution in [2.45, 2.75) is 13.5 Å². The van der Waals surface area contributed by atoms with E-state index in [1.807, 2.05) is 49.4 Å². The summed E-state index contributed by atoms with van der Waals surface area (Å²) in [6.45, 7) is 4.54. The van der Waals surface area contributed by atoms with Crippen molar-refractivity contribution in [3.05, 3.63) is 70.2 Å². The van der Waals surface area contributed by atoms with Gasteiger partial charge >= 0.3 is 0 Å². The molecule has 0 unspecified atom stereocenters. The predicted molar refractivity (Wildman–Crippen MR) is 121 cm³/mol. The Hall–Kier alpha value is -1.61. The molecule has 0 bridgehead atoms. The third-order valence-electron chi connectivity index (χ3n) is 3.42. The molecule has 1 amide bonds. The number of guanidine groups is 1. The van der Waals surface area contributed by atoms with Crippen molar-refractivity contribution >= 4 is 51.8 Å². The summed E-state index contributed by atoms with van der Waals surface area (Å²) in [4.78, 5) is 16.6. The lowest BCUT2D eigenvalue weighted by molar-refractivity contribution is 0.0954. The molecule has 0 aliphatic heterocycles. The van der Waals surface area contributed by atoms with E-state index in [1.54, 1.807) is 12.1 Å². The first kappa shape index (κ1) is 22.4. The van der Waals surface area contributed by atoms with Crippen LogP contribution in [-0.4, -0.2) is 31.5 Å². The average molecular weight is 531 g/mol. The molecule has 26 heavy (non-hydrogen) atoms. The number of rotatable bonds is 7. The van der Waals surface area contributed by atoms with Gasteiger partial charge in [0, 0.05) is 29.7 Å². The number of hydrogen-bond donors (Lipinski definition) is 3. The topological polar surface area (TPSA) is 65.5 Å². The highest BCUT2D eigenvalue weighted by atomic mass is 127. The van der Waals surface area contributed by atoms with Crippen molar-refractivity contribution in [1.29, 1.82) is 0 Å². The van der Waals surface area contributed by atoms with Crippen LogP contribution in [0.4, 0.5) is 0 Å². The number of carbonyl (C=O) groups excluding carboxylic acids is 1. The van der Waals surface area contributed by atoms with E-state index in [-0.39, 0.29) is 29.9 Å². The lowest BCUT2D eigenvalue weighted by Gasteiger charge is -2.12. The monoisotopic (exact) mass is 530 g/mol. The Bertz CT molecular complexity index is 692. The third kappa shape index (κ3) is 8.18. The zero-order valence-electron chi connectivity index (χ0n) is 14.7. The van der Waals surface area contributed by atoms with Gasteiger partial charge in [0.2, 0.25) is 0 Å². The van der Waals surface area contributed by atoms with Crippen molar-refractivity contribution in [3.63, 3.8) is 0 Å². The first-order valence-electron chi connectivity index (χ1n) is 8.29. The van der Waals surface area contributed by atoms with E-state index in [9.17, 15) is 4.79 Å². The fraction of sp³-hybridized carbons (Fsp3) is 0.263. The smallest absolute Gasteiger partial charge is 0.251 e. The standard InChI is InChI=1S/C19H23BrN4O.HI/c1-2-21-19(24-14-15-6-4-3-5-7-15)23-13-12-22-18(25)16-8-10-17(20)11-9-16;/h3-11H,2,12-14H2,1H3,(H,22,25)(H2,21,23,24);1H. The maximum atomic E-state index is 12.0. The fourth-order valence-electron chi connectivity index (χ4n) is 2.16. The molecule has 3 N–H and O–H groups in total. The first-order chi connectivity index (χ1) is 12.2. The van der Waals surface area contributed by atoms with E-state index in [1.165, 1.54) is 0 Å². The summed E-state index contributed by atoms with van der Waals surface area (Å²) >= 11 is 3.36. The van der Waals surface area contributed by atoms with Gasteiger partial charge in [0.25, 0.3) is 5.91 Å². The lowest BCUT2D eigenvalue weighted by atomic mass is 10.2. The minimum absolute atomic E-state index is 0. The Labute approximate surface area is 180 Å². The fourth-order valence-corrected chi connectivity index (χ4v) is 2.42. The lowest BCUT2D eigenvalue weighted by Crippen LogP contribution is -2.41. The first-order valence-corrected chi connectivity index (χ1v) is 9.08. The second kappa shape index (κ2) is 12.7. The molecule has 0 saturated heterocycles. The Morgan fingerprint density at radius 1 is 0.962 bits per heavy atom. The quantitative estimate of drug-likeness (QED) is 0.222. The second-order valence-corrected chi connectivity index (χ2v) is 6.29. The molecule has 2 aromatic carbocycles. The van der Waals surface area contributed by atoms with Crippen molar-refractivity contribution in [3.8, 4) is 0 Å². The summed E-state index contributed by atoms with van der Waals surface area (Å²) in [5.74, 6) is 0.657. The number of benzene rings is 2. The number of nitrogens with one attached hydrogen (secondary N) is 3. The molecular formula is C19H24BrIN4O. The second-order valence-electron chi connectivity index (χ2n) is 5.37. The number of hydrogen-bond acceptors (Lipinski definition) is 2. The van der Waals surface area contributed by atoms with Crippen LogP contribution in [0.5, 0.6) is 0 Å². The minimum atomic E-state index is -0.0828. The summed E-state index contributed by atoms with van der Waals surface area (Å²) in [5, 5.41) is 9.31. The van der Waals surface area contributed by atoms with Crippen molar-refractivity contribution in [2.24, 2.45) is 4.99 Å². The highest BCUT2D eigenvalue weighted by Gasteiger charge is 2.04. The normalized spacial score (nSPS) is 10.6. The molecular weight excluding hydrogens is 507 g/mol. The van der Waals surface area contributed by atoms with E-state index >= 15 is 0 Å². The van der Waals surface area contributed by atoms with Crippen LogP contribution in [0.15, 0.2) is 64.1 Å². The number of aliphatic imine (C=N–C) groups is 1. The van der Waals surface area contributed by atoms with Gasteiger partial charge in [-0.25, -0.2) is 4.99 Å². The predicted octanol–water partition coefficient (Wildman–Crippen LogP) is 3.55. The molecule has 2 aromatic rings. The van der Waals surface area contributed by atoms with E-state index in [2.05, 4.69) is 36.9 Å². The zero-order valence-corrected chi connectivity index (χ0v) is 18.6. The maximum Gasteiger partial charge on any atom is 0.251 e. The van der Waals surface area contributed by atoms with Gasteiger partial charge in [0.05, 0.1) is 6.54 Å². The summed E-state index contributed by atoms with van der Waals surface area (Å²) in [5.41, 5.74) is 1.80. The molecule has 0 atom stereocenters. The number of amides is 1. The summed E-state index contributed by atoms with van der Waals surface area (Å²) < 4.78 is 0.954. The summed E-state index contributed by atoms with van der Waals surface area (Å²) in [6, 6.07) is 17.4. The molecule has 0 spiro atoms. The highest BCUT2D eigenvalue weighted by molar-refractivity contribution is 14.0. The molecule has 0 radical (unpaired) electrons. The van der Waals surface area contributed by atoms with Gasteiger partial charge in [-0.1, -0.05) is 46.3 Å². The van der Waals surface area contributed by atoms with Gasteiger partial charge in [-0.2, -0.15) is 0 Å². The van der Waals surface area contributed by atoms with Crippen LogP contribution >= 0.6 is 39.9 Å². The molecule has 0 aromatic heterocycles. The molecule has 0 aliphatic rings. The van der Waals surface area contributed by atoms with Gasteiger partial charge in [0.1, 0.15) is 0 Å². The van der Waals surface area contributed by atoms with E-state index in [0.29, 0.717) is 25.2 Å². The Balaban J connectivity index is 0.00000338. The zero-order chi connectivity index (χ0) is 17.9. The van der Waals surface area contributed by atoms with E-state index in [4.69, 9.17) is 0 Å². The van der Waals surface area contributed by atoms with Crippen LogP contribution < -0.4 is 16.0 Å². The third-order valence-corrected chi connectivity index (χ3v) is 3.94. The van der Waals surface area contributed by atoms with Crippen LogP contribution in [0.3, 0.4) is 0 Å². The highest BCUT2D eigenvalue weighted by Crippen LogP contribution is 2.10. The van der Waals surface area contributed by atoms with Gasteiger partial charge in [-0.15, -0.1) is 24.0 Å². The Morgan fingerprint density at radius 3 is 2.27 bits per heavy atom. The van der Waals surface area contributed by atoms with Gasteiger partial charge in [0.15, 0.2) is 5.96 Å². The van der Waals surface area contributed by atoms with Crippen LogP contribution in [0.1, 0.15) is 22.8 Å². The Kier molecular flexibility index (Phi) is 11.0. The van der Waals surface area contributed by atoms with Crippen molar-refractivity contribution < 1.29 is 4.79 Å². The van der Waals surface area contributed by atoms with E-state index in [0.717, 1.165) is 22.5 Å². The molecule has 0 aliphatic carbocycles. The maximum absolute atomic E-state index is 12.0. The van der Waals surface area contributed by atoms with Gasteiger partial charge < -0.3 is 16.0 Å². The largest absolute Gasteiger partial charge is 0.357 e. The molecule has 0 saturated carbocycles. The van der Waals surface area contributed by atoms with Gasteiger partial charge in [-0.3, -0.25) is 4.79 Å². The van der Waals surface area contributed by atoms with Crippen LogP contribution in [0, 0.1) is 0 Å². The molecule has 5 nitrogen and oxygen atoms in total. The SMILES string of the molecule is CCNC(=NCc1ccccc1)NCCNC(=O)c1ccc(Br)cc1.I. The van der Waals surface area contributed by atoms with Crippen LogP contribution in [0.25, 0.3) is 0 Å². The average Bonchev–Trinajstić information content (AvgIpc) is 2.64. The molecule has 0 fully saturated rings. The number of carbonyl (C=O) groups is 1. The van der Waals surface area contributed by atoms with Crippen molar-refractivity contribution in [2.75, 3.05) is 19.6 Å². The molecule has 140 valence electrons. The van der Waals surface area contributed by atoms with Crippen molar-refractivity contribution in [1.82, 2.24) is 16.0 Å². The molecule has 2 rings (SSSR count). The summed E-state index contributed by atoms with van der Waals surface area (Å²) in [6.07, 6.45) is 0. The van der Waals surface area contributed by atoms with Crippen LogP contribution in [0.2, 0.25) is 0 Å².